The molecule has 1 N–H and O–H groups in total. The van der Waals surface area contributed by atoms with Gasteiger partial charge in [-0.05, 0) is 61.9 Å². The van der Waals surface area contributed by atoms with Gasteiger partial charge in [0.05, 0.1) is 0 Å². The third-order valence-corrected chi connectivity index (χ3v) is 5.49. The molecule has 14 heavy (non-hydrogen) atoms. The minimum atomic E-state index is 0.795. The van der Waals surface area contributed by atoms with E-state index in [1.165, 1.54) is 25.9 Å². The van der Waals surface area contributed by atoms with E-state index in [4.69, 9.17) is 0 Å². The zero-order valence-corrected chi connectivity index (χ0v) is 9.39. The van der Waals surface area contributed by atoms with Gasteiger partial charge in [-0.15, -0.1) is 0 Å². The molecule has 0 aromatic carbocycles. The fourth-order valence-electron chi connectivity index (χ4n) is 4.85. The summed E-state index contributed by atoms with van der Waals surface area (Å²) < 4.78 is 0. The molecule has 3 rings (SSSR count). The Labute approximate surface area is 87.7 Å². The van der Waals surface area contributed by atoms with Crippen molar-refractivity contribution in [3.05, 3.63) is 0 Å². The SMILES string of the molecule is CCC1CNCCC12CC1CCC2C1. The highest BCUT2D eigenvalue weighted by Crippen LogP contribution is 2.62. The van der Waals surface area contributed by atoms with Crippen LogP contribution in [-0.2, 0) is 0 Å². The average molecular weight is 193 g/mol. The number of hydrogen-bond acceptors (Lipinski definition) is 1. The van der Waals surface area contributed by atoms with E-state index in [1.54, 1.807) is 25.7 Å². The predicted molar refractivity (Wildman–Crippen MR) is 59.1 cm³/mol. The second kappa shape index (κ2) is 3.23. The molecule has 1 nitrogen and oxygen atoms in total. The third kappa shape index (κ3) is 1.11. The topological polar surface area (TPSA) is 12.0 Å². The van der Waals surface area contributed by atoms with Crippen molar-refractivity contribution in [1.82, 2.24) is 5.32 Å². The lowest BCUT2D eigenvalue weighted by Gasteiger charge is -2.47. The molecule has 3 aliphatic rings. The first-order valence-electron chi connectivity index (χ1n) is 6.56. The normalized spacial score (nSPS) is 51.6. The number of fused-ring (bicyclic) bond motifs is 3. The van der Waals surface area contributed by atoms with Crippen molar-refractivity contribution < 1.29 is 0 Å². The number of nitrogens with one attached hydrogen (secondary N) is 1. The van der Waals surface area contributed by atoms with E-state index in [1.807, 2.05) is 0 Å². The molecule has 1 heteroatoms. The molecule has 3 fully saturated rings. The molecular formula is C13H23N. The van der Waals surface area contributed by atoms with Crippen LogP contribution < -0.4 is 5.32 Å². The summed E-state index contributed by atoms with van der Waals surface area (Å²) in [6, 6.07) is 0. The van der Waals surface area contributed by atoms with Crippen molar-refractivity contribution in [3.8, 4) is 0 Å². The van der Waals surface area contributed by atoms with Gasteiger partial charge < -0.3 is 5.32 Å². The van der Waals surface area contributed by atoms with Crippen molar-refractivity contribution in [2.45, 2.75) is 45.4 Å². The molecule has 0 amide bonds. The summed E-state index contributed by atoms with van der Waals surface area (Å²) in [5.74, 6) is 3.22. The number of piperidine rings is 1. The third-order valence-electron chi connectivity index (χ3n) is 5.49. The van der Waals surface area contributed by atoms with E-state index in [2.05, 4.69) is 12.2 Å². The van der Waals surface area contributed by atoms with Crippen LogP contribution in [0.3, 0.4) is 0 Å². The molecule has 1 saturated heterocycles. The highest BCUT2D eigenvalue weighted by Gasteiger charge is 2.54. The van der Waals surface area contributed by atoms with Gasteiger partial charge in [0, 0.05) is 0 Å². The van der Waals surface area contributed by atoms with Crippen LogP contribution in [0, 0.1) is 23.2 Å². The first-order valence-corrected chi connectivity index (χ1v) is 6.56. The van der Waals surface area contributed by atoms with Crippen molar-refractivity contribution in [3.63, 3.8) is 0 Å². The van der Waals surface area contributed by atoms with Crippen LogP contribution in [0.2, 0.25) is 0 Å². The van der Waals surface area contributed by atoms with Crippen molar-refractivity contribution >= 4 is 0 Å². The van der Waals surface area contributed by atoms with Crippen LogP contribution in [0.4, 0.5) is 0 Å². The van der Waals surface area contributed by atoms with Crippen LogP contribution in [-0.4, -0.2) is 13.1 Å². The highest BCUT2D eigenvalue weighted by atomic mass is 14.9. The van der Waals surface area contributed by atoms with Gasteiger partial charge in [-0.2, -0.15) is 0 Å². The number of rotatable bonds is 1. The van der Waals surface area contributed by atoms with Gasteiger partial charge in [-0.1, -0.05) is 19.8 Å². The first-order chi connectivity index (χ1) is 6.85. The predicted octanol–water partition coefficient (Wildman–Crippen LogP) is 2.81. The maximum absolute atomic E-state index is 3.60. The van der Waals surface area contributed by atoms with E-state index in [0.29, 0.717) is 0 Å². The summed E-state index contributed by atoms with van der Waals surface area (Å²) in [6.07, 6.45) is 9.15. The maximum Gasteiger partial charge on any atom is -0.00152 e. The molecule has 1 heterocycles. The summed E-state index contributed by atoms with van der Waals surface area (Å²) in [7, 11) is 0. The lowest BCUT2D eigenvalue weighted by Crippen LogP contribution is -2.47. The van der Waals surface area contributed by atoms with E-state index in [-0.39, 0.29) is 0 Å². The van der Waals surface area contributed by atoms with E-state index in [9.17, 15) is 0 Å². The molecule has 0 aromatic heterocycles. The zero-order valence-electron chi connectivity index (χ0n) is 9.39. The Bertz CT molecular complexity index is 225. The lowest BCUT2D eigenvalue weighted by atomic mass is 9.61. The largest absolute Gasteiger partial charge is 0.316 e. The number of hydrogen-bond donors (Lipinski definition) is 1. The Kier molecular flexibility index (Phi) is 2.12. The van der Waals surface area contributed by atoms with E-state index < -0.39 is 0 Å². The second-order valence-corrected chi connectivity index (χ2v) is 5.87. The van der Waals surface area contributed by atoms with Crippen LogP contribution in [0.15, 0.2) is 0 Å². The average Bonchev–Trinajstić information content (AvgIpc) is 2.79. The minimum absolute atomic E-state index is 0.795. The molecular weight excluding hydrogens is 170 g/mol. The summed E-state index contributed by atoms with van der Waals surface area (Å²) >= 11 is 0. The van der Waals surface area contributed by atoms with Crippen molar-refractivity contribution in [2.75, 3.05) is 13.1 Å². The molecule has 0 radical (unpaired) electrons. The molecule has 1 aliphatic heterocycles. The van der Waals surface area contributed by atoms with Gasteiger partial charge in [0.2, 0.25) is 0 Å². The lowest BCUT2D eigenvalue weighted by molar-refractivity contribution is 0.0375. The smallest absolute Gasteiger partial charge is 0.00152 e. The van der Waals surface area contributed by atoms with Gasteiger partial charge in [0.15, 0.2) is 0 Å². The monoisotopic (exact) mass is 193 g/mol. The van der Waals surface area contributed by atoms with Crippen LogP contribution in [0.25, 0.3) is 0 Å². The summed E-state index contributed by atoms with van der Waals surface area (Å²) in [5, 5.41) is 3.60. The molecule has 2 bridgehead atoms. The van der Waals surface area contributed by atoms with E-state index >= 15 is 0 Å². The summed E-state index contributed by atoms with van der Waals surface area (Å²) in [4.78, 5) is 0. The molecule has 80 valence electrons. The summed E-state index contributed by atoms with van der Waals surface area (Å²) in [6.45, 7) is 4.99. The molecule has 1 spiro atoms. The highest BCUT2D eigenvalue weighted by molar-refractivity contribution is 5.05. The second-order valence-electron chi connectivity index (χ2n) is 5.87. The molecule has 4 atom stereocenters. The Morgan fingerprint density at radius 1 is 1.36 bits per heavy atom. The Hall–Kier alpha value is -0.0400. The summed E-state index contributed by atoms with van der Waals surface area (Å²) in [5.41, 5.74) is 0.795. The standard InChI is InChI=1S/C13H23N/c1-2-11-9-14-6-5-13(11)8-10-3-4-12(13)7-10/h10-12,14H,2-9H2,1H3. The first kappa shape index (κ1) is 9.21. The van der Waals surface area contributed by atoms with Gasteiger partial charge >= 0.3 is 0 Å². The fourth-order valence-corrected chi connectivity index (χ4v) is 4.85. The van der Waals surface area contributed by atoms with Crippen molar-refractivity contribution in [1.29, 1.82) is 0 Å². The Morgan fingerprint density at radius 2 is 2.29 bits per heavy atom. The minimum Gasteiger partial charge on any atom is -0.316 e. The Morgan fingerprint density at radius 3 is 2.93 bits per heavy atom. The van der Waals surface area contributed by atoms with Crippen LogP contribution in [0.1, 0.15) is 45.4 Å². The van der Waals surface area contributed by atoms with Gasteiger partial charge in [0.25, 0.3) is 0 Å². The van der Waals surface area contributed by atoms with Crippen molar-refractivity contribution in [2.24, 2.45) is 23.2 Å². The Balaban J connectivity index is 1.86. The fraction of sp³-hybridized carbons (Fsp3) is 1.00. The zero-order chi connectivity index (χ0) is 9.60. The van der Waals surface area contributed by atoms with E-state index in [0.717, 1.165) is 23.2 Å². The van der Waals surface area contributed by atoms with Crippen LogP contribution in [0.5, 0.6) is 0 Å². The molecule has 2 aliphatic carbocycles. The van der Waals surface area contributed by atoms with Gasteiger partial charge in [-0.25, -0.2) is 0 Å². The van der Waals surface area contributed by atoms with Gasteiger partial charge in [-0.3, -0.25) is 0 Å². The molecule has 4 unspecified atom stereocenters. The quantitative estimate of drug-likeness (QED) is 0.675. The molecule has 2 saturated carbocycles. The molecule has 0 aromatic rings. The maximum atomic E-state index is 3.60. The van der Waals surface area contributed by atoms with Gasteiger partial charge in [0.1, 0.15) is 0 Å². The van der Waals surface area contributed by atoms with Crippen LogP contribution >= 0.6 is 0 Å².